The minimum absolute atomic E-state index is 0.269. The summed E-state index contributed by atoms with van der Waals surface area (Å²) in [5.41, 5.74) is 12.9. The Hall–Kier alpha value is -1.35. The number of nitrogens with two attached hydrogens (primary N) is 2. The van der Waals surface area contributed by atoms with E-state index in [1.165, 1.54) is 0 Å². The van der Waals surface area contributed by atoms with Crippen LogP contribution in [0.1, 0.15) is 12.5 Å². The molecule has 1 rings (SSSR count). The lowest BCUT2D eigenvalue weighted by atomic mass is 10.0. The number of hydrogen-bond acceptors (Lipinski definition) is 3. The van der Waals surface area contributed by atoms with Gasteiger partial charge in [0.15, 0.2) is 0 Å². The van der Waals surface area contributed by atoms with E-state index in [4.69, 9.17) is 16.9 Å². The predicted octanol–water partition coefficient (Wildman–Crippen LogP) is 0.984. The molecule has 64 valence electrons. The van der Waals surface area contributed by atoms with Gasteiger partial charge in [0.05, 0.1) is 5.71 Å². The van der Waals surface area contributed by atoms with Crippen molar-refractivity contribution in [2.24, 2.45) is 5.73 Å². The number of anilines is 1. The second-order valence-electron chi connectivity index (χ2n) is 2.79. The molecule has 0 fully saturated rings. The Morgan fingerprint density at radius 1 is 1.42 bits per heavy atom. The Bertz CT molecular complexity index is 292. The van der Waals surface area contributed by atoms with Gasteiger partial charge in [-0.3, -0.25) is 0 Å². The Labute approximate surface area is 71.9 Å². The van der Waals surface area contributed by atoms with Gasteiger partial charge in [0.2, 0.25) is 0 Å². The number of nitrogens with one attached hydrogen (secondary N) is 1. The molecule has 1 atom stereocenters. The molecule has 5 N–H and O–H groups in total. The van der Waals surface area contributed by atoms with Gasteiger partial charge in [-0.15, -0.1) is 0 Å². The van der Waals surface area contributed by atoms with Crippen LogP contribution in [0.4, 0.5) is 5.69 Å². The summed E-state index contributed by atoms with van der Waals surface area (Å²) in [5, 5.41) is 7.62. The van der Waals surface area contributed by atoms with Gasteiger partial charge in [0, 0.05) is 17.3 Å². The van der Waals surface area contributed by atoms with E-state index >= 15 is 0 Å². The number of hydrogen-bond donors (Lipinski definition) is 3. The van der Waals surface area contributed by atoms with Crippen molar-refractivity contribution in [1.29, 1.82) is 5.41 Å². The maximum Gasteiger partial charge on any atom is 0.0571 e. The van der Waals surface area contributed by atoms with E-state index in [-0.39, 0.29) is 6.04 Å². The molecule has 0 radical (unpaired) electrons. The molecule has 0 spiro atoms. The van der Waals surface area contributed by atoms with Crippen LogP contribution >= 0.6 is 0 Å². The molecule has 1 unspecified atom stereocenters. The summed E-state index contributed by atoms with van der Waals surface area (Å²) in [4.78, 5) is 0. The average molecular weight is 163 g/mol. The first-order chi connectivity index (χ1) is 5.63. The molecule has 12 heavy (non-hydrogen) atoms. The van der Waals surface area contributed by atoms with Crippen molar-refractivity contribution in [1.82, 2.24) is 0 Å². The number of para-hydroxylation sites is 1. The van der Waals surface area contributed by atoms with Gasteiger partial charge in [-0.1, -0.05) is 18.2 Å². The zero-order chi connectivity index (χ0) is 9.14. The maximum absolute atomic E-state index is 7.62. The van der Waals surface area contributed by atoms with Crippen molar-refractivity contribution in [2.75, 3.05) is 5.73 Å². The van der Waals surface area contributed by atoms with Crippen LogP contribution in [0.15, 0.2) is 24.3 Å². The third kappa shape index (κ3) is 1.62. The van der Waals surface area contributed by atoms with Crippen molar-refractivity contribution in [3.63, 3.8) is 0 Å². The van der Waals surface area contributed by atoms with Gasteiger partial charge in [-0.2, -0.15) is 0 Å². The Kier molecular flexibility index (Phi) is 2.45. The van der Waals surface area contributed by atoms with E-state index < -0.39 is 0 Å². The smallest absolute Gasteiger partial charge is 0.0571 e. The summed E-state index contributed by atoms with van der Waals surface area (Å²) in [5.74, 6) is 0. The summed E-state index contributed by atoms with van der Waals surface area (Å²) in [6, 6.07) is 7.00. The second-order valence-corrected chi connectivity index (χ2v) is 2.79. The molecular formula is C9H13N3. The standard InChI is InChI=1S/C9H13N3/c1-6(10)9(12)7-4-2-3-5-8(7)11/h2-6,12H,10-11H2,1H3. The van der Waals surface area contributed by atoms with E-state index in [0.29, 0.717) is 11.4 Å². The number of benzene rings is 1. The molecule has 0 saturated carbocycles. The zero-order valence-electron chi connectivity index (χ0n) is 7.04. The molecule has 0 aliphatic carbocycles. The molecular weight excluding hydrogens is 150 g/mol. The van der Waals surface area contributed by atoms with Gasteiger partial charge in [0.25, 0.3) is 0 Å². The highest BCUT2D eigenvalue weighted by Crippen LogP contribution is 2.11. The molecule has 0 aliphatic heterocycles. The molecule has 0 aliphatic rings. The normalized spacial score (nSPS) is 12.5. The SMILES string of the molecule is CC(N)C(=N)c1ccccc1N. The van der Waals surface area contributed by atoms with Gasteiger partial charge >= 0.3 is 0 Å². The van der Waals surface area contributed by atoms with Crippen LogP contribution in [-0.2, 0) is 0 Å². The minimum Gasteiger partial charge on any atom is -0.398 e. The first kappa shape index (κ1) is 8.74. The van der Waals surface area contributed by atoms with Crippen molar-refractivity contribution >= 4 is 11.4 Å². The summed E-state index contributed by atoms with van der Waals surface area (Å²) >= 11 is 0. The number of rotatable bonds is 2. The third-order valence-electron chi connectivity index (χ3n) is 1.71. The lowest BCUT2D eigenvalue weighted by molar-refractivity contribution is 0.965. The minimum atomic E-state index is -0.269. The lowest BCUT2D eigenvalue weighted by Gasteiger charge is -2.09. The van der Waals surface area contributed by atoms with Crippen molar-refractivity contribution in [3.05, 3.63) is 29.8 Å². The van der Waals surface area contributed by atoms with E-state index in [2.05, 4.69) is 0 Å². The summed E-state index contributed by atoms with van der Waals surface area (Å²) < 4.78 is 0. The van der Waals surface area contributed by atoms with Crippen molar-refractivity contribution in [3.8, 4) is 0 Å². The van der Waals surface area contributed by atoms with E-state index in [1.54, 1.807) is 19.1 Å². The Morgan fingerprint density at radius 3 is 2.50 bits per heavy atom. The van der Waals surface area contributed by atoms with Crippen LogP contribution in [0.25, 0.3) is 0 Å². The fourth-order valence-corrected chi connectivity index (χ4v) is 0.988. The van der Waals surface area contributed by atoms with Gasteiger partial charge in [0.1, 0.15) is 0 Å². The van der Waals surface area contributed by atoms with Gasteiger partial charge in [-0.25, -0.2) is 0 Å². The first-order valence-corrected chi connectivity index (χ1v) is 3.82. The topological polar surface area (TPSA) is 75.9 Å². The summed E-state index contributed by atoms with van der Waals surface area (Å²) in [6.07, 6.45) is 0. The highest BCUT2D eigenvalue weighted by atomic mass is 14.7. The van der Waals surface area contributed by atoms with E-state index in [0.717, 1.165) is 5.56 Å². The first-order valence-electron chi connectivity index (χ1n) is 3.82. The van der Waals surface area contributed by atoms with Gasteiger partial charge < -0.3 is 16.9 Å². The van der Waals surface area contributed by atoms with E-state index in [1.807, 2.05) is 12.1 Å². The average Bonchev–Trinajstić information content (AvgIpc) is 2.04. The number of nitrogen functional groups attached to an aromatic ring is 1. The Morgan fingerprint density at radius 2 is 2.00 bits per heavy atom. The van der Waals surface area contributed by atoms with Crippen molar-refractivity contribution in [2.45, 2.75) is 13.0 Å². The van der Waals surface area contributed by atoms with Crippen LogP contribution < -0.4 is 11.5 Å². The molecule has 3 nitrogen and oxygen atoms in total. The van der Waals surface area contributed by atoms with Crippen LogP contribution in [0.3, 0.4) is 0 Å². The third-order valence-corrected chi connectivity index (χ3v) is 1.71. The zero-order valence-corrected chi connectivity index (χ0v) is 7.04. The van der Waals surface area contributed by atoms with Crippen LogP contribution in [0.2, 0.25) is 0 Å². The molecule has 1 aromatic carbocycles. The molecule has 3 heteroatoms. The Balaban J connectivity index is 3.03. The molecule has 0 heterocycles. The largest absolute Gasteiger partial charge is 0.398 e. The van der Waals surface area contributed by atoms with Crippen LogP contribution in [-0.4, -0.2) is 11.8 Å². The highest BCUT2D eigenvalue weighted by molar-refractivity contribution is 6.05. The highest BCUT2D eigenvalue weighted by Gasteiger charge is 2.08. The quantitative estimate of drug-likeness (QED) is 0.449. The van der Waals surface area contributed by atoms with Crippen molar-refractivity contribution < 1.29 is 0 Å². The fraction of sp³-hybridized carbons (Fsp3) is 0.222. The van der Waals surface area contributed by atoms with Crippen LogP contribution in [0.5, 0.6) is 0 Å². The molecule has 0 amide bonds. The summed E-state index contributed by atoms with van der Waals surface area (Å²) in [6.45, 7) is 1.77. The van der Waals surface area contributed by atoms with Crippen LogP contribution in [0, 0.1) is 5.41 Å². The molecule has 1 aromatic rings. The summed E-state index contributed by atoms with van der Waals surface area (Å²) in [7, 11) is 0. The second kappa shape index (κ2) is 3.36. The monoisotopic (exact) mass is 163 g/mol. The molecule has 0 bridgehead atoms. The molecule has 0 saturated heterocycles. The fourth-order valence-electron chi connectivity index (χ4n) is 0.988. The van der Waals surface area contributed by atoms with Gasteiger partial charge in [-0.05, 0) is 13.0 Å². The molecule has 0 aromatic heterocycles. The lowest BCUT2D eigenvalue weighted by Crippen LogP contribution is -2.27. The maximum atomic E-state index is 7.62. The predicted molar refractivity (Wildman–Crippen MR) is 51.3 cm³/mol. The van der Waals surface area contributed by atoms with E-state index in [9.17, 15) is 0 Å².